The van der Waals surface area contributed by atoms with Gasteiger partial charge in [0.1, 0.15) is 5.75 Å². The highest BCUT2D eigenvalue weighted by molar-refractivity contribution is 6.76. The van der Waals surface area contributed by atoms with E-state index in [9.17, 15) is 0 Å². The summed E-state index contributed by atoms with van der Waals surface area (Å²) in [7, 11) is -1.02. The molecular formula is C16H25ClO4Si. The molecule has 0 heterocycles. The Hall–Kier alpha value is -1.13. The van der Waals surface area contributed by atoms with E-state index in [1.807, 2.05) is 18.2 Å². The SMILES string of the molecule is CC(C)c1ccc(OCOCC[Si](C)(C)C)cc1Cl.O=C=O. The molecule has 0 bridgehead atoms. The topological polar surface area (TPSA) is 52.6 Å². The molecule has 0 amide bonds. The van der Waals surface area contributed by atoms with Gasteiger partial charge >= 0.3 is 6.15 Å². The van der Waals surface area contributed by atoms with Crippen molar-refractivity contribution in [2.45, 2.75) is 45.5 Å². The van der Waals surface area contributed by atoms with Crippen LogP contribution in [0.3, 0.4) is 0 Å². The Morgan fingerprint density at radius 1 is 1.23 bits per heavy atom. The van der Waals surface area contributed by atoms with Gasteiger partial charge in [0.25, 0.3) is 0 Å². The summed E-state index contributed by atoms with van der Waals surface area (Å²) >= 11 is 6.21. The van der Waals surface area contributed by atoms with Gasteiger partial charge in [-0.05, 0) is 29.7 Å². The van der Waals surface area contributed by atoms with Crippen LogP contribution in [-0.2, 0) is 14.3 Å². The molecule has 22 heavy (non-hydrogen) atoms. The molecule has 4 nitrogen and oxygen atoms in total. The maximum Gasteiger partial charge on any atom is 0.373 e. The smallest absolute Gasteiger partial charge is 0.373 e. The van der Waals surface area contributed by atoms with E-state index in [1.165, 1.54) is 0 Å². The molecule has 0 radical (unpaired) electrons. The van der Waals surface area contributed by atoms with E-state index in [2.05, 4.69) is 33.5 Å². The zero-order valence-corrected chi connectivity index (χ0v) is 15.7. The zero-order chi connectivity index (χ0) is 17.2. The fourth-order valence-corrected chi connectivity index (χ4v) is 2.76. The minimum atomic E-state index is -1.02. The Morgan fingerprint density at radius 3 is 2.27 bits per heavy atom. The molecule has 0 N–H and O–H groups in total. The second-order valence-electron chi connectivity index (χ2n) is 6.40. The molecule has 0 aliphatic carbocycles. The number of ether oxygens (including phenoxy) is 2. The van der Waals surface area contributed by atoms with E-state index in [0.29, 0.717) is 12.7 Å². The third-order valence-electron chi connectivity index (χ3n) is 2.90. The van der Waals surface area contributed by atoms with E-state index in [4.69, 9.17) is 30.7 Å². The van der Waals surface area contributed by atoms with E-state index >= 15 is 0 Å². The maximum absolute atomic E-state index is 8.12. The van der Waals surface area contributed by atoms with Gasteiger partial charge in [-0.15, -0.1) is 0 Å². The Balaban J connectivity index is 0.00000135. The summed E-state index contributed by atoms with van der Waals surface area (Å²) in [4.78, 5) is 16.2. The first kappa shape index (κ1) is 20.9. The molecule has 0 saturated heterocycles. The van der Waals surface area contributed by atoms with Crippen LogP contribution in [0.25, 0.3) is 0 Å². The van der Waals surface area contributed by atoms with Crippen LogP contribution in [0.1, 0.15) is 25.3 Å². The molecular weight excluding hydrogens is 320 g/mol. The molecule has 0 fully saturated rings. The average molecular weight is 345 g/mol. The second kappa shape index (κ2) is 10.6. The van der Waals surface area contributed by atoms with Crippen molar-refractivity contribution in [2.75, 3.05) is 13.4 Å². The van der Waals surface area contributed by atoms with Crippen LogP contribution in [0.5, 0.6) is 5.75 Å². The molecule has 0 aliphatic heterocycles. The number of hydrogen-bond donors (Lipinski definition) is 0. The molecule has 0 saturated carbocycles. The van der Waals surface area contributed by atoms with Crippen molar-refractivity contribution >= 4 is 25.8 Å². The molecule has 1 aromatic carbocycles. The summed E-state index contributed by atoms with van der Waals surface area (Å²) in [5.41, 5.74) is 1.15. The van der Waals surface area contributed by atoms with Gasteiger partial charge in [-0.3, -0.25) is 0 Å². The highest BCUT2D eigenvalue weighted by Gasteiger charge is 2.12. The van der Waals surface area contributed by atoms with E-state index < -0.39 is 8.07 Å². The monoisotopic (exact) mass is 344 g/mol. The van der Waals surface area contributed by atoms with Crippen LogP contribution < -0.4 is 4.74 Å². The predicted molar refractivity (Wildman–Crippen MR) is 90.1 cm³/mol. The lowest BCUT2D eigenvalue weighted by molar-refractivity contribution is -0.191. The van der Waals surface area contributed by atoms with Crippen molar-refractivity contribution in [3.05, 3.63) is 28.8 Å². The fraction of sp³-hybridized carbons (Fsp3) is 0.562. The van der Waals surface area contributed by atoms with Gasteiger partial charge in [-0.25, -0.2) is 0 Å². The number of halogens is 1. The van der Waals surface area contributed by atoms with Crippen LogP contribution in [0.15, 0.2) is 18.2 Å². The normalized spacial score (nSPS) is 10.7. The van der Waals surface area contributed by atoms with Crippen LogP contribution in [0, 0.1) is 0 Å². The Morgan fingerprint density at radius 2 is 1.82 bits per heavy atom. The zero-order valence-electron chi connectivity index (χ0n) is 13.9. The molecule has 124 valence electrons. The second-order valence-corrected chi connectivity index (χ2v) is 12.4. The lowest BCUT2D eigenvalue weighted by Gasteiger charge is -2.16. The highest BCUT2D eigenvalue weighted by atomic mass is 35.5. The van der Waals surface area contributed by atoms with Gasteiger partial charge in [-0.1, -0.05) is 51.2 Å². The highest BCUT2D eigenvalue weighted by Crippen LogP contribution is 2.28. The minimum absolute atomic E-state index is 0.250. The van der Waals surface area contributed by atoms with E-state index in [-0.39, 0.29) is 6.15 Å². The number of rotatable bonds is 7. The molecule has 0 aliphatic rings. The Labute approximate surface area is 138 Å². The summed E-state index contributed by atoms with van der Waals surface area (Å²) in [5, 5.41) is 0.759. The fourth-order valence-electron chi connectivity index (χ4n) is 1.61. The van der Waals surface area contributed by atoms with Crippen molar-refractivity contribution in [2.24, 2.45) is 0 Å². The molecule has 0 unspecified atom stereocenters. The van der Waals surface area contributed by atoms with Crippen LogP contribution in [-0.4, -0.2) is 27.6 Å². The minimum Gasteiger partial charge on any atom is -0.468 e. The van der Waals surface area contributed by atoms with Crippen molar-refractivity contribution in [1.29, 1.82) is 0 Å². The van der Waals surface area contributed by atoms with Crippen LogP contribution in [0.2, 0.25) is 30.7 Å². The van der Waals surface area contributed by atoms with Gasteiger partial charge in [0.15, 0.2) is 6.79 Å². The Kier molecular flexibility index (Phi) is 10.0. The molecule has 6 heteroatoms. The molecule has 1 aromatic rings. The number of hydrogen-bond acceptors (Lipinski definition) is 4. The van der Waals surface area contributed by atoms with E-state index in [1.54, 1.807) is 0 Å². The molecule has 0 aromatic heterocycles. The van der Waals surface area contributed by atoms with Gasteiger partial charge in [0, 0.05) is 19.7 Å². The summed E-state index contributed by atoms with van der Waals surface area (Å²) < 4.78 is 11.0. The lowest BCUT2D eigenvalue weighted by atomic mass is 10.0. The molecule has 1 rings (SSSR count). The van der Waals surface area contributed by atoms with Crippen molar-refractivity contribution in [3.63, 3.8) is 0 Å². The first-order chi connectivity index (χ1) is 10.2. The average Bonchev–Trinajstić information content (AvgIpc) is 2.37. The van der Waals surface area contributed by atoms with E-state index in [0.717, 1.165) is 29.0 Å². The number of benzene rings is 1. The van der Waals surface area contributed by atoms with Crippen molar-refractivity contribution in [1.82, 2.24) is 0 Å². The third-order valence-corrected chi connectivity index (χ3v) is 4.93. The Bertz CT molecular complexity index is 478. The molecule has 0 spiro atoms. The largest absolute Gasteiger partial charge is 0.468 e. The summed E-state index contributed by atoms with van der Waals surface area (Å²) in [6.07, 6.45) is 0.250. The van der Waals surface area contributed by atoms with Gasteiger partial charge in [0.05, 0.1) is 0 Å². The third kappa shape index (κ3) is 9.74. The summed E-state index contributed by atoms with van der Waals surface area (Å²) in [6.45, 7) is 12.3. The first-order valence-electron chi connectivity index (χ1n) is 7.20. The molecule has 0 atom stereocenters. The summed E-state index contributed by atoms with van der Waals surface area (Å²) in [6, 6.07) is 6.98. The van der Waals surface area contributed by atoms with Gasteiger partial charge in [-0.2, -0.15) is 9.59 Å². The van der Waals surface area contributed by atoms with Gasteiger partial charge in [0.2, 0.25) is 0 Å². The van der Waals surface area contributed by atoms with Crippen LogP contribution >= 0.6 is 11.6 Å². The standard InChI is InChI=1S/C15H25ClO2Si.CO2/c1-12(2)14-7-6-13(10-15(14)16)18-11-17-8-9-19(3,4)5;2-1-3/h6-7,10,12H,8-9,11H2,1-5H3;. The predicted octanol–water partition coefficient (Wildman–Crippen LogP) is 4.57. The van der Waals surface area contributed by atoms with Crippen molar-refractivity contribution < 1.29 is 19.1 Å². The lowest BCUT2D eigenvalue weighted by Crippen LogP contribution is -2.22. The number of carbonyl (C=O) groups excluding carboxylic acids is 2. The summed E-state index contributed by atoms with van der Waals surface area (Å²) in [5.74, 6) is 1.19. The first-order valence-corrected chi connectivity index (χ1v) is 11.3. The van der Waals surface area contributed by atoms with Gasteiger partial charge < -0.3 is 9.47 Å². The quantitative estimate of drug-likeness (QED) is 0.413. The van der Waals surface area contributed by atoms with Crippen LogP contribution in [0.4, 0.5) is 0 Å². The van der Waals surface area contributed by atoms with Crippen molar-refractivity contribution in [3.8, 4) is 5.75 Å². The maximum atomic E-state index is 8.12.